The average molecular weight is 355 g/mol. The van der Waals surface area contributed by atoms with Crippen molar-refractivity contribution in [1.82, 2.24) is 9.38 Å². The molecule has 0 unspecified atom stereocenters. The summed E-state index contributed by atoms with van der Waals surface area (Å²) in [7, 11) is 0. The Morgan fingerprint density at radius 1 is 1.25 bits per heavy atom. The van der Waals surface area contributed by atoms with Crippen LogP contribution in [-0.4, -0.2) is 9.38 Å². The number of aromatic nitrogens is 2. The number of halogens is 3. The number of nitrogens with zero attached hydrogens (tertiary/aromatic N) is 2. The van der Waals surface area contributed by atoms with Gasteiger partial charge in [0.15, 0.2) is 0 Å². The molecule has 0 saturated heterocycles. The summed E-state index contributed by atoms with van der Waals surface area (Å²) in [4.78, 5) is 4.47. The van der Waals surface area contributed by atoms with Crippen LogP contribution in [0, 0.1) is 5.82 Å². The van der Waals surface area contributed by atoms with Crippen LogP contribution >= 0.6 is 27.5 Å². The maximum Gasteiger partial charge on any atom is 0.137 e. The molecular weight excluding hydrogens is 345 g/mol. The Morgan fingerprint density at radius 2 is 2.10 bits per heavy atom. The van der Waals surface area contributed by atoms with Crippen molar-refractivity contribution in [3.8, 4) is 0 Å². The van der Waals surface area contributed by atoms with Gasteiger partial charge in [-0.15, -0.1) is 0 Å². The van der Waals surface area contributed by atoms with Crippen LogP contribution in [0.4, 0.5) is 10.1 Å². The van der Waals surface area contributed by atoms with Crippen LogP contribution in [0.2, 0.25) is 5.02 Å². The number of anilines is 1. The summed E-state index contributed by atoms with van der Waals surface area (Å²) in [5.41, 5.74) is 2.54. The molecular formula is C14H10BrClFN3. The molecule has 3 rings (SSSR count). The van der Waals surface area contributed by atoms with Gasteiger partial charge in [-0.3, -0.25) is 0 Å². The summed E-state index contributed by atoms with van der Waals surface area (Å²) in [6.07, 6.45) is 3.72. The lowest BCUT2D eigenvalue weighted by Gasteiger charge is -2.06. The van der Waals surface area contributed by atoms with Gasteiger partial charge in [0, 0.05) is 22.6 Å². The molecule has 0 aliphatic carbocycles. The number of imidazole rings is 1. The third kappa shape index (κ3) is 2.78. The Labute approximate surface area is 128 Å². The molecule has 0 atom stereocenters. The van der Waals surface area contributed by atoms with Crippen LogP contribution in [0.3, 0.4) is 0 Å². The number of fused-ring (bicyclic) bond motifs is 1. The molecule has 0 spiro atoms. The Kier molecular flexibility index (Phi) is 3.63. The minimum absolute atomic E-state index is 0.273. The van der Waals surface area contributed by atoms with E-state index < -0.39 is 0 Å². The molecule has 6 heteroatoms. The number of benzene rings is 1. The van der Waals surface area contributed by atoms with E-state index in [4.69, 9.17) is 11.6 Å². The van der Waals surface area contributed by atoms with Gasteiger partial charge >= 0.3 is 0 Å². The van der Waals surface area contributed by atoms with E-state index in [0.29, 0.717) is 16.0 Å². The van der Waals surface area contributed by atoms with Gasteiger partial charge in [-0.25, -0.2) is 9.37 Å². The van der Waals surface area contributed by atoms with Crippen molar-refractivity contribution in [2.75, 3.05) is 5.32 Å². The van der Waals surface area contributed by atoms with Gasteiger partial charge in [0.25, 0.3) is 0 Å². The van der Waals surface area contributed by atoms with Crippen molar-refractivity contribution in [3.63, 3.8) is 0 Å². The number of rotatable bonds is 3. The highest BCUT2D eigenvalue weighted by molar-refractivity contribution is 9.10. The fourth-order valence-electron chi connectivity index (χ4n) is 1.92. The predicted molar refractivity (Wildman–Crippen MR) is 81.6 cm³/mol. The van der Waals surface area contributed by atoms with Crippen molar-refractivity contribution < 1.29 is 4.39 Å². The molecule has 3 aromatic rings. The molecule has 20 heavy (non-hydrogen) atoms. The van der Waals surface area contributed by atoms with E-state index in [1.165, 1.54) is 12.1 Å². The molecule has 0 fully saturated rings. The minimum atomic E-state index is -0.273. The predicted octanol–water partition coefficient (Wildman–Crippen LogP) is 4.50. The molecule has 102 valence electrons. The molecule has 3 nitrogen and oxygen atoms in total. The van der Waals surface area contributed by atoms with E-state index in [-0.39, 0.29) is 5.82 Å². The number of hydrogen-bond donors (Lipinski definition) is 1. The van der Waals surface area contributed by atoms with Gasteiger partial charge in [-0.2, -0.15) is 0 Å². The van der Waals surface area contributed by atoms with E-state index in [1.807, 2.05) is 16.7 Å². The second kappa shape index (κ2) is 5.42. The Bertz CT molecular complexity index is 772. The molecule has 0 radical (unpaired) electrons. The van der Waals surface area contributed by atoms with Crippen molar-refractivity contribution in [3.05, 3.63) is 63.7 Å². The van der Waals surface area contributed by atoms with Crippen molar-refractivity contribution in [1.29, 1.82) is 0 Å². The minimum Gasteiger partial charge on any atom is -0.378 e. The average Bonchev–Trinajstić information content (AvgIpc) is 2.79. The summed E-state index contributed by atoms with van der Waals surface area (Å²) in [6.45, 7) is 0.545. The first kappa shape index (κ1) is 13.4. The zero-order valence-corrected chi connectivity index (χ0v) is 12.6. The van der Waals surface area contributed by atoms with Crippen molar-refractivity contribution >= 4 is 38.9 Å². The first-order valence-electron chi connectivity index (χ1n) is 5.94. The third-order valence-corrected chi connectivity index (χ3v) is 3.74. The molecule has 1 N–H and O–H groups in total. The number of nitrogens with one attached hydrogen (secondary N) is 1. The fourth-order valence-corrected chi connectivity index (χ4v) is 2.58. The van der Waals surface area contributed by atoms with Gasteiger partial charge in [-0.1, -0.05) is 11.6 Å². The highest BCUT2D eigenvalue weighted by Crippen LogP contribution is 2.23. The van der Waals surface area contributed by atoms with Gasteiger partial charge in [0.05, 0.1) is 17.3 Å². The largest absolute Gasteiger partial charge is 0.378 e. The first-order chi connectivity index (χ1) is 9.61. The maximum atomic E-state index is 13.0. The summed E-state index contributed by atoms with van der Waals surface area (Å²) in [5, 5.41) is 3.87. The van der Waals surface area contributed by atoms with Crippen molar-refractivity contribution in [2.24, 2.45) is 0 Å². The van der Waals surface area contributed by atoms with Gasteiger partial charge in [-0.05, 0) is 46.3 Å². The Balaban J connectivity index is 1.79. The second-order valence-electron chi connectivity index (χ2n) is 4.32. The van der Waals surface area contributed by atoms with Crippen LogP contribution in [0.15, 0.2) is 47.2 Å². The smallest absolute Gasteiger partial charge is 0.137 e. The van der Waals surface area contributed by atoms with Gasteiger partial charge in [0.1, 0.15) is 11.5 Å². The summed E-state index contributed by atoms with van der Waals surface area (Å²) < 4.78 is 15.6. The molecule has 0 saturated carbocycles. The van der Waals surface area contributed by atoms with Gasteiger partial charge in [0.2, 0.25) is 0 Å². The van der Waals surface area contributed by atoms with Crippen molar-refractivity contribution in [2.45, 2.75) is 6.54 Å². The topological polar surface area (TPSA) is 29.3 Å². The summed E-state index contributed by atoms with van der Waals surface area (Å²) in [6, 6.07) is 8.19. The van der Waals surface area contributed by atoms with Gasteiger partial charge < -0.3 is 9.72 Å². The van der Waals surface area contributed by atoms with E-state index in [0.717, 1.165) is 17.0 Å². The molecule has 0 bridgehead atoms. The number of hydrogen-bond acceptors (Lipinski definition) is 2. The summed E-state index contributed by atoms with van der Waals surface area (Å²) in [5.74, 6) is -0.273. The normalized spacial score (nSPS) is 10.9. The lowest BCUT2D eigenvalue weighted by Crippen LogP contribution is -2.00. The summed E-state index contributed by atoms with van der Waals surface area (Å²) >= 11 is 9.25. The highest BCUT2D eigenvalue weighted by atomic mass is 79.9. The maximum absolute atomic E-state index is 13.0. The standard InChI is InChI=1S/C14H10BrClFN3/c15-12-5-10(17)2-3-13(12)18-6-11-8-20-7-9(16)1-4-14(20)19-11/h1-5,7-8,18H,6H2. The van der Waals surface area contributed by atoms with Crippen LogP contribution in [-0.2, 0) is 6.54 Å². The van der Waals surface area contributed by atoms with E-state index in [1.54, 1.807) is 18.3 Å². The lowest BCUT2D eigenvalue weighted by atomic mass is 10.3. The monoisotopic (exact) mass is 353 g/mol. The quantitative estimate of drug-likeness (QED) is 0.750. The molecule has 0 amide bonds. The molecule has 0 aliphatic heterocycles. The molecule has 2 heterocycles. The zero-order valence-electron chi connectivity index (χ0n) is 10.3. The molecule has 2 aromatic heterocycles. The Hall–Kier alpha value is -1.59. The van der Waals surface area contributed by atoms with Crippen LogP contribution in [0.1, 0.15) is 5.69 Å². The third-order valence-electron chi connectivity index (χ3n) is 2.86. The fraction of sp³-hybridized carbons (Fsp3) is 0.0714. The first-order valence-corrected chi connectivity index (χ1v) is 7.11. The van der Waals surface area contributed by atoms with E-state index in [2.05, 4.69) is 26.2 Å². The molecule has 0 aliphatic rings. The van der Waals surface area contributed by atoms with Crippen LogP contribution in [0.5, 0.6) is 0 Å². The lowest BCUT2D eigenvalue weighted by molar-refractivity contribution is 0.627. The Morgan fingerprint density at radius 3 is 2.90 bits per heavy atom. The van der Waals surface area contributed by atoms with Crippen LogP contribution in [0.25, 0.3) is 5.65 Å². The molecule has 1 aromatic carbocycles. The SMILES string of the molecule is Fc1ccc(NCc2cn3cc(Cl)ccc3n2)c(Br)c1. The number of pyridine rings is 1. The van der Waals surface area contributed by atoms with Crippen LogP contribution < -0.4 is 5.32 Å². The zero-order chi connectivity index (χ0) is 14.1. The second-order valence-corrected chi connectivity index (χ2v) is 5.61. The highest BCUT2D eigenvalue weighted by Gasteiger charge is 2.04. The van der Waals surface area contributed by atoms with E-state index >= 15 is 0 Å². The van der Waals surface area contributed by atoms with E-state index in [9.17, 15) is 4.39 Å².